The van der Waals surface area contributed by atoms with Gasteiger partial charge in [0.1, 0.15) is 10.6 Å². The van der Waals surface area contributed by atoms with Gasteiger partial charge in [0, 0.05) is 18.0 Å². The maximum absolute atomic E-state index is 5.95. The summed E-state index contributed by atoms with van der Waals surface area (Å²) < 4.78 is 5.95. The number of thiazole rings is 1. The van der Waals surface area contributed by atoms with Gasteiger partial charge in [-0.2, -0.15) is 0 Å². The highest BCUT2D eigenvalue weighted by molar-refractivity contribution is 7.09. The molecule has 0 bridgehead atoms. The van der Waals surface area contributed by atoms with Gasteiger partial charge in [-0.15, -0.1) is 11.3 Å². The third kappa shape index (κ3) is 3.11. The lowest BCUT2D eigenvalue weighted by Gasteiger charge is -2.31. The van der Waals surface area contributed by atoms with Crippen molar-refractivity contribution in [1.82, 2.24) is 10.3 Å². The second-order valence-electron chi connectivity index (χ2n) is 5.29. The number of nitrogens with one attached hydrogen (secondary N) is 1. The molecule has 0 radical (unpaired) electrons. The summed E-state index contributed by atoms with van der Waals surface area (Å²) in [5.74, 6) is 0. The van der Waals surface area contributed by atoms with Crippen molar-refractivity contribution in [3.05, 3.63) is 16.1 Å². The van der Waals surface area contributed by atoms with Crippen LogP contribution in [-0.2, 0) is 10.3 Å². The van der Waals surface area contributed by atoms with Crippen LogP contribution in [-0.4, -0.2) is 18.1 Å². The molecule has 0 aromatic carbocycles. The fraction of sp³-hybridized carbons (Fsp3) is 0.786. The van der Waals surface area contributed by atoms with Gasteiger partial charge in [0.25, 0.3) is 0 Å². The fourth-order valence-electron chi connectivity index (χ4n) is 2.30. The molecule has 0 spiro atoms. The number of hydrogen-bond acceptors (Lipinski definition) is 4. The third-order valence-corrected chi connectivity index (χ3v) is 4.69. The highest BCUT2D eigenvalue weighted by Gasteiger charge is 2.33. The van der Waals surface area contributed by atoms with Crippen molar-refractivity contribution in [3.8, 4) is 0 Å². The first-order chi connectivity index (χ1) is 8.65. The van der Waals surface area contributed by atoms with Crippen LogP contribution in [0.4, 0.5) is 0 Å². The normalized spacial score (nSPS) is 26.2. The van der Waals surface area contributed by atoms with E-state index in [0.717, 1.165) is 36.7 Å². The van der Waals surface area contributed by atoms with Crippen LogP contribution in [0.15, 0.2) is 5.38 Å². The molecule has 1 aliphatic rings. The van der Waals surface area contributed by atoms with Gasteiger partial charge in [0.05, 0.1) is 5.69 Å². The Hall–Kier alpha value is -0.450. The lowest BCUT2D eigenvalue weighted by Crippen LogP contribution is -2.30. The summed E-state index contributed by atoms with van der Waals surface area (Å²) in [6, 6.07) is 0.335. The zero-order valence-corrected chi connectivity index (χ0v) is 12.5. The van der Waals surface area contributed by atoms with Crippen molar-refractivity contribution in [3.63, 3.8) is 0 Å². The Morgan fingerprint density at radius 1 is 1.56 bits per heavy atom. The number of nitrogens with zero attached hydrogens (tertiary/aromatic N) is 1. The maximum Gasteiger partial charge on any atom is 0.125 e. The highest BCUT2D eigenvalue weighted by Crippen LogP contribution is 2.36. The number of ether oxygens (including phenoxy) is 1. The summed E-state index contributed by atoms with van der Waals surface area (Å²) in [6.07, 6.45) is 4.68. The van der Waals surface area contributed by atoms with Crippen LogP contribution < -0.4 is 5.32 Å². The van der Waals surface area contributed by atoms with E-state index >= 15 is 0 Å². The Kier molecular flexibility index (Phi) is 4.76. The van der Waals surface area contributed by atoms with Gasteiger partial charge < -0.3 is 10.1 Å². The largest absolute Gasteiger partial charge is 0.368 e. The molecule has 18 heavy (non-hydrogen) atoms. The molecule has 1 aromatic heterocycles. The zero-order chi connectivity index (χ0) is 13.0. The van der Waals surface area contributed by atoms with Gasteiger partial charge in [-0.25, -0.2) is 4.98 Å². The van der Waals surface area contributed by atoms with Crippen LogP contribution in [0, 0.1) is 0 Å². The first kappa shape index (κ1) is 14.0. The molecule has 0 amide bonds. The molecule has 1 aromatic rings. The lowest BCUT2D eigenvalue weighted by molar-refractivity contribution is -0.0703. The average molecular weight is 268 g/mol. The van der Waals surface area contributed by atoms with Crippen LogP contribution in [0.5, 0.6) is 0 Å². The summed E-state index contributed by atoms with van der Waals surface area (Å²) in [6.45, 7) is 8.46. The molecule has 1 N–H and O–H groups in total. The topological polar surface area (TPSA) is 34.1 Å². The number of aromatic nitrogens is 1. The predicted molar refractivity (Wildman–Crippen MR) is 76.0 cm³/mol. The van der Waals surface area contributed by atoms with E-state index in [4.69, 9.17) is 9.72 Å². The first-order valence-electron chi connectivity index (χ1n) is 6.99. The minimum Gasteiger partial charge on any atom is -0.368 e. The van der Waals surface area contributed by atoms with Gasteiger partial charge >= 0.3 is 0 Å². The fourth-order valence-corrected chi connectivity index (χ4v) is 3.35. The summed E-state index contributed by atoms with van der Waals surface area (Å²) in [4.78, 5) is 4.79. The minimum atomic E-state index is -0.147. The molecule has 1 fully saturated rings. The van der Waals surface area contributed by atoms with Crippen LogP contribution in [0.25, 0.3) is 0 Å². The van der Waals surface area contributed by atoms with Gasteiger partial charge in [0.2, 0.25) is 0 Å². The van der Waals surface area contributed by atoms with Crippen molar-refractivity contribution in [2.24, 2.45) is 0 Å². The smallest absolute Gasteiger partial charge is 0.125 e. The summed E-state index contributed by atoms with van der Waals surface area (Å²) in [7, 11) is 0. The number of rotatable bonds is 5. The summed E-state index contributed by atoms with van der Waals surface area (Å²) >= 11 is 1.74. The molecule has 2 rings (SSSR count). The van der Waals surface area contributed by atoms with Crippen molar-refractivity contribution in [2.45, 2.75) is 58.1 Å². The Morgan fingerprint density at radius 2 is 2.39 bits per heavy atom. The van der Waals surface area contributed by atoms with Crippen LogP contribution in [0.3, 0.4) is 0 Å². The molecule has 2 heterocycles. The molecule has 0 aliphatic carbocycles. The first-order valence-corrected chi connectivity index (χ1v) is 7.87. The molecule has 2 unspecified atom stereocenters. The van der Waals surface area contributed by atoms with Gasteiger partial charge in [-0.05, 0) is 46.1 Å². The Bertz CT molecular complexity index is 372. The van der Waals surface area contributed by atoms with E-state index in [9.17, 15) is 0 Å². The Morgan fingerprint density at radius 3 is 3.06 bits per heavy atom. The van der Waals surface area contributed by atoms with E-state index in [1.54, 1.807) is 11.3 Å². The highest BCUT2D eigenvalue weighted by atomic mass is 32.1. The zero-order valence-electron chi connectivity index (χ0n) is 11.7. The summed E-state index contributed by atoms with van der Waals surface area (Å²) in [5, 5.41) is 6.79. The van der Waals surface area contributed by atoms with Crippen molar-refractivity contribution < 1.29 is 4.74 Å². The molecule has 2 atom stereocenters. The Labute approximate surface area is 114 Å². The van der Waals surface area contributed by atoms with E-state index in [1.807, 2.05) is 0 Å². The van der Waals surface area contributed by atoms with Crippen LogP contribution >= 0.6 is 11.3 Å². The second kappa shape index (κ2) is 6.13. The van der Waals surface area contributed by atoms with E-state index in [-0.39, 0.29) is 5.60 Å². The van der Waals surface area contributed by atoms with E-state index < -0.39 is 0 Å². The predicted octanol–water partition coefficient (Wildman–Crippen LogP) is 3.62. The average Bonchev–Trinajstić information content (AvgIpc) is 2.87. The monoisotopic (exact) mass is 268 g/mol. The van der Waals surface area contributed by atoms with Crippen LogP contribution in [0.1, 0.15) is 63.2 Å². The number of hydrogen-bond donors (Lipinski definition) is 1. The molecule has 102 valence electrons. The molecule has 0 saturated carbocycles. The van der Waals surface area contributed by atoms with Crippen LogP contribution in [0.2, 0.25) is 0 Å². The SMILES string of the molecule is CCCNC(C)c1csc(C2(C)CCCCO2)n1. The second-order valence-corrected chi connectivity index (χ2v) is 6.15. The molecule has 1 saturated heterocycles. The standard InChI is InChI=1S/C14H24N2OS/c1-4-8-15-11(2)12-10-18-13(16-12)14(3)7-5-6-9-17-14/h10-11,15H,4-9H2,1-3H3. The van der Waals surface area contributed by atoms with E-state index in [1.165, 1.54) is 12.8 Å². The minimum absolute atomic E-state index is 0.147. The van der Waals surface area contributed by atoms with Gasteiger partial charge in [-0.1, -0.05) is 6.92 Å². The lowest BCUT2D eigenvalue weighted by atomic mass is 9.97. The summed E-state index contributed by atoms with van der Waals surface area (Å²) in [5.41, 5.74) is 1.00. The molecule has 4 heteroatoms. The van der Waals surface area contributed by atoms with E-state index in [0.29, 0.717) is 6.04 Å². The molecule has 1 aliphatic heterocycles. The quantitative estimate of drug-likeness (QED) is 0.885. The maximum atomic E-state index is 5.95. The van der Waals surface area contributed by atoms with E-state index in [2.05, 4.69) is 31.5 Å². The van der Waals surface area contributed by atoms with Crippen molar-refractivity contribution in [1.29, 1.82) is 0 Å². The molecule has 3 nitrogen and oxygen atoms in total. The molecular weight excluding hydrogens is 244 g/mol. The third-order valence-electron chi connectivity index (χ3n) is 3.59. The van der Waals surface area contributed by atoms with Gasteiger partial charge in [0.15, 0.2) is 0 Å². The Balaban J connectivity index is 2.04. The van der Waals surface area contributed by atoms with Crippen molar-refractivity contribution in [2.75, 3.05) is 13.2 Å². The van der Waals surface area contributed by atoms with Crippen molar-refractivity contribution >= 4 is 11.3 Å². The van der Waals surface area contributed by atoms with Gasteiger partial charge in [-0.3, -0.25) is 0 Å². The molecular formula is C14H24N2OS.